The Morgan fingerprint density at radius 2 is 1.24 bits per heavy atom. The summed E-state index contributed by atoms with van der Waals surface area (Å²) in [5.41, 5.74) is 0.314. The van der Waals surface area contributed by atoms with Crippen LogP contribution in [0.1, 0.15) is 157 Å². The third kappa shape index (κ3) is 7.92. The van der Waals surface area contributed by atoms with Crippen molar-refractivity contribution in [1.29, 1.82) is 0 Å². The molecule has 1 aromatic carbocycles. The van der Waals surface area contributed by atoms with E-state index in [1.165, 1.54) is 13.2 Å². The van der Waals surface area contributed by atoms with Gasteiger partial charge in [-0.2, -0.15) is 0 Å². The fourth-order valence-electron chi connectivity index (χ4n) is 19.4. The van der Waals surface area contributed by atoms with E-state index in [9.17, 15) is 40.1 Å². The molecule has 10 rings (SSSR count). The van der Waals surface area contributed by atoms with Crippen LogP contribution in [0.4, 0.5) is 11.4 Å². The molecule has 8 aliphatic rings. The second-order valence-corrected chi connectivity index (χ2v) is 25.8. The van der Waals surface area contributed by atoms with Crippen molar-refractivity contribution in [3.8, 4) is 0 Å². The number of nitrogens with zero attached hydrogens (tertiary/aromatic N) is 3. The molecule has 1 aromatic heterocycles. The molecule has 8 fully saturated rings. The first kappa shape index (κ1) is 50.1. The summed E-state index contributed by atoms with van der Waals surface area (Å²) in [5, 5.41) is 75.0. The predicted octanol–water partition coefficient (Wildman–Crippen LogP) is 8.60. The van der Waals surface area contributed by atoms with Crippen molar-refractivity contribution >= 4 is 34.3 Å². The SMILES string of the molecule is COC(=O)CC[C@@H](C)C1CCC2[C@@H]3C(CC(O)C21C)C1(C)CC[C@@H](NC(=O)CC[C@@H](C)C2CCC4[C@@H]5C(CC(O)C42C)C2(C)CC[C@@H](Nc4ccc([N+](=O)[O-])c6nonc46)C[C@H]2C[C@@H]5O)C[C@H]1C[C@@H]3O. The Morgan fingerprint density at radius 3 is 1.79 bits per heavy atom. The van der Waals surface area contributed by atoms with Crippen LogP contribution < -0.4 is 10.6 Å². The van der Waals surface area contributed by atoms with Gasteiger partial charge in [-0.25, -0.2) is 4.63 Å². The average Bonchev–Trinajstić information content (AvgIpc) is 4.06. The number of hydrogen-bond acceptors (Lipinski definition) is 13. The van der Waals surface area contributed by atoms with Crippen LogP contribution >= 0.6 is 0 Å². The summed E-state index contributed by atoms with van der Waals surface area (Å²) in [5.74, 6) is 2.64. The summed E-state index contributed by atoms with van der Waals surface area (Å²) in [4.78, 5) is 37.0. The van der Waals surface area contributed by atoms with Gasteiger partial charge < -0.3 is 35.8 Å². The topological polar surface area (TPSA) is 230 Å². The van der Waals surface area contributed by atoms with Gasteiger partial charge >= 0.3 is 11.7 Å². The number of ether oxygens (including phenoxy) is 1. The Morgan fingerprint density at radius 1 is 0.729 bits per heavy atom. The van der Waals surface area contributed by atoms with Gasteiger partial charge in [-0.15, -0.1) is 0 Å². The minimum atomic E-state index is -0.494. The molecule has 0 aliphatic heterocycles. The van der Waals surface area contributed by atoms with Gasteiger partial charge in [0.05, 0.1) is 42.1 Å². The number of amides is 1. The highest BCUT2D eigenvalue weighted by atomic mass is 16.6. The van der Waals surface area contributed by atoms with Crippen molar-refractivity contribution in [2.24, 2.45) is 92.7 Å². The Hall–Kier alpha value is -3.40. The quantitative estimate of drug-likeness (QED) is 0.0666. The van der Waals surface area contributed by atoms with Crippen molar-refractivity contribution in [2.75, 3.05) is 12.4 Å². The van der Waals surface area contributed by atoms with Crippen LogP contribution in [0, 0.1) is 103 Å². The number of carbonyl (C=O) groups is 2. The number of aliphatic hydroxyl groups excluding tert-OH is 4. The average molecular weight is 974 g/mol. The number of nitrogens with one attached hydrogen (secondary N) is 2. The number of aliphatic hydroxyl groups is 4. The van der Waals surface area contributed by atoms with Crippen LogP contribution in [0.2, 0.25) is 0 Å². The number of aromatic nitrogens is 2. The zero-order valence-electron chi connectivity index (χ0n) is 42.9. The molecule has 15 heteroatoms. The van der Waals surface area contributed by atoms with Gasteiger partial charge in [-0.3, -0.25) is 19.7 Å². The Labute approximate surface area is 413 Å². The normalized spacial score (nSPS) is 46.0. The van der Waals surface area contributed by atoms with Gasteiger partial charge in [0.1, 0.15) is 0 Å². The highest BCUT2D eigenvalue weighted by molar-refractivity contribution is 5.93. The Bertz CT molecular complexity index is 2290. The molecule has 0 bridgehead atoms. The lowest BCUT2D eigenvalue weighted by atomic mass is 9.43. The fraction of sp³-hybridized carbons (Fsp3) is 0.855. The molecule has 2 aromatic rings. The maximum atomic E-state index is 13.8. The molecule has 8 aliphatic carbocycles. The molecule has 388 valence electrons. The van der Waals surface area contributed by atoms with Crippen molar-refractivity contribution in [3.05, 3.63) is 22.2 Å². The van der Waals surface area contributed by atoms with Crippen LogP contribution in [0.3, 0.4) is 0 Å². The molecule has 1 heterocycles. The second-order valence-electron chi connectivity index (χ2n) is 25.8. The zero-order chi connectivity index (χ0) is 49.8. The third-order valence-electron chi connectivity index (χ3n) is 23.3. The summed E-state index contributed by atoms with van der Waals surface area (Å²) in [6.07, 6.45) is 12.7. The minimum Gasteiger partial charge on any atom is -0.469 e. The number of hydrogen-bond donors (Lipinski definition) is 6. The van der Waals surface area contributed by atoms with E-state index in [4.69, 9.17) is 9.37 Å². The number of nitro benzene ring substituents is 1. The number of methoxy groups -OCH3 is 1. The Kier molecular flexibility index (Phi) is 13.3. The van der Waals surface area contributed by atoms with Crippen molar-refractivity contribution in [1.82, 2.24) is 15.6 Å². The summed E-state index contributed by atoms with van der Waals surface area (Å²) >= 11 is 0. The molecule has 12 unspecified atom stereocenters. The van der Waals surface area contributed by atoms with Crippen LogP contribution in [0.25, 0.3) is 11.0 Å². The lowest BCUT2D eigenvalue weighted by molar-refractivity contribution is -0.383. The fourth-order valence-corrected chi connectivity index (χ4v) is 19.4. The molecule has 0 saturated heterocycles. The number of nitro groups is 1. The van der Waals surface area contributed by atoms with E-state index >= 15 is 0 Å². The summed E-state index contributed by atoms with van der Waals surface area (Å²) in [7, 11) is 1.44. The number of benzene rings is 1. The molecule has 15 nitrogen and oxygen atoms in total. The molecule has 0 spiro atoms. The van der Waals surface area contributed by atoms with Crippen LogP contribution in [-0.4, -0.2) is 91.1 Å². The molecule has 1 amide bonds. The number of rotatable bonds is 12. The summed E-state index contributed by atoms with van der Waals surface area (Å²) in [6, 6.07) is 3.27. The lowest BCUT2D eigenvalue weighted by Gasteiger charge is -2.64. The van der Waals surface area contributed by atoms with E-state index in [1.54, 1.807) is 6.07 Å². The monoisotopic (exact) mass is 974 g/mol. The smallest absolute Gasteiger partial charge is 0.305 e. The molecule has 6 N–H and O–H groups in total. The van der Waals surface area contributed by atoms with Gasteiger partial charge in [0.25, 0.3) is 0 Å². The molecule has 8 saturated carbocycles. The molecular weight excluding hydrogens is 891 g/mol. The first-order valence-corrected chi connectivity index (χ1v) is 27.5. The van der Waals surface area contributed by atoms with Gasteiger partial charge in [-0.1, -0.05) is 41.5 Å². The molecule has 0 radical (unpaired) electrons. The Balaban J connectivity index is 0.732. The van der Waals surface area contributed by atoms with E-state index in [1.807, 2.05) is 0 Å². The van der Waals surface area contributed by atoms with Gasteiger partial charge in [0.2, 0.25) is 11.4 Å². The van der Waals surface area contributed by atoms with Gasteiger partial charge in [0.15, 0.2) is 5.52 Å². The van der Waals surface area contributed by atoms with E-state index in [-0.39, 0.29) is 122 Å². The highest BCUT2D eigenvalue weighted by Crippen LogP contribution is 2.70. The third-order valence-corrected chi connectivity index (χ3v) is 23.3. The first-order chi connectivity index (χ1) is 33.2. The molecular formula is C55H83N5O10. The van der Waals surface area contributed by atoms with Crippen LogP contribution in [0.5, 0.6) is 0 Å². The van der Waals surface area contributed by atoms with Crippen molar-refractivity contribution < 1.29 is 44.3 Å². The summed E-state index contributed by atoms with van der Waals surface area (Å²) < 4.78 is 9.84. The van der Waals surface area contributed by atoms with E-state index < -0.39 is 29.3 Å². The highest BCUT2D eigenvalue weighted by Gasteiger charge is 2.67. The van der Waals surface area contributed by atoms with Crippen molar-refractivity contribution in [3.63, 3.8) is 0 Å². The van der Waals surface area contributed by atoms with Crippen LogP contribution in [-0.2, 0) is 14.3 Å². The molecule has 22 atom stereocenters. The maximum absolute atomic E-state index is 13.8. The minimum absolute atomic E-state index is 0.00692. The van der Waals surface area contributed by atoms with E-state index in [2.05, 4.69) is 62.5 Å². The van der Waals surface area contributed by atoms with Crippen molar-refractivity contribution in [2.45, 2.75) is 194 Å². The predicted molar refractivity (Wildman–Crippen MR) is 263 cm³/mol. The largest absolute Gasteiger partial charge is 0.469 e. The van der Waals surface area contributed by atoms with Crippen LogP contribution in [0.15, 0.2) is 16.8 Å². The number of anilines is 1. The zero-order valence-corrected chi connectivity index (χ0v) is 42.9. The van der Waals surface area contributed by atoms with Gasteiger partial charge in [0, 0.05) is 31.0 Å². The number of non-ortho nitro benzene ring substituents is 1. The van der Waals surface area contributed by atoms with Gasteiger partial charge in [-0.05, 0) is 212 Å². The number of carbonyl (C=O) groups excluding carboxylic acids is 2. The van der Waals surface area contributed by atoms with E-state index in [0.717, 1.165) is 83.5 Å². The standard InChI is InChI=1S/C55H83N5O10/c1-28(8-16-46(65)57-33-19-21-53(4)31(23-33)25-43(62)49-37-13-11-35(29(2)9-17-47(66)69-7)55(37,6)45(64)27-39(49)53)34-10-12-36-48-38(26-44(63)54(34,36)5)52(3)20-18-32(22-30(52)24-42(48)61)56-40-14-15-41(60(67)68)51-50(40)58-70-59-51/h14-15,28-39,42-45,48-49,56,61-64H,8-13,16-27H2,1-7H3,(H,57,65)/t28-,29-,30+,31+,32-,33-,34?,35?,36?,37?,38?,39?,42+,43+,44?,45?,48-,49-,52?,53?,54?,55?/m1/s1. The number of esters is 1. The second kappa shape index (κ2) is 18.5. The van der Waals surface area contributed by atoms with E-state index in [0.29, 0.717) is 49.2 Å². The molecule has 70 heavy (non-hydrogen) atoms. The summed E-state index contributed by atoms with van der Waals surface area (Å²) in [6.45, 7) is 13.8. The number of fused-ring (bicyclic) bond motifs is 11. The first-order valence-electron chi connectivity index (χ1n) is 27.5. The maximum Gasteiger partial charge on any atom is 0.305 e. The lowest BCUT2D eigenvalue weighted by Crippen LogP contribution is -2.63.